The molecule has 3 nitrogen and oxygen atoms in total. The highest BCUT2D eigenvalue weighted by Crippen LogP contribution is 2.52. The van der Waals surface area contributed by atoms with Crippen molar-refractivity contribution in [1.82, 2.24) is 10.2 Å². The van der Waals surface area contributed by atoms with E-state index in [0.29, 0.717) is 16.9 Å². The summed E-state index contributed by atoms with van der Waals surface area (Å²) in [6.07, 6.45) is 10.4. The number of rotatable bonds is 1. The maximum Gasteiger partial charge on any atom is 0.321 e. The topological polar surface area (TPSA) is 32.3 Å². The fraction of sp³-hybridized carbons (Fsp3) is 0.824. The molecule has 1 saturated heterocycles. The minimum atomic E-state index is 0.121. The third kappa shape index (κ3) is 2.72. The van der Waals surface area contributed by atoms with Gasteiger partial charge in [-0.2, -0.15) is 0 Å². The van der Waals surface area contributed by atoms with E-state index < -0.39 is 0 Å². The van der Waals surface area contributed by atoms with E-state index in [2.05, 4.69) is 31.0 Å². The van der Waals surface area contributed by atoms with Crippen LogP contribution in [0.4, 0.5) is 4.79 Å². The van der Waals surface area contributed by atoms with Crippen molar-refractivity contribution >= 4 is 6.03 Å². The summed E-state index contributed by atoms with van der Waals surface area (Å²) in [5.41, 5.74) is 2.10. The molecule has 3 fully saturated rings. The Labute approximate surface area is 122 Å². The molecule has 1 heterocycles. The molecule has 3 aliphatic rings. The van der Waals surface area contributed by atoms with Gasteiger partial charge < -0.3 is 10.2 Å². The summed E-state index contributed by atoms with van der Waals surface area (Å²) in [5, 5.41) is 3.05. The van der Waals surface area contributed by atoms with Crippen LogP contribution in [-0.4, -0.2) is 23.5 Å². The van der Waals surface area contributed by atoms with Crippen molar-refractivity contribution in [3.63, 3.8) is 0 Å². The highest BCUT2D eigenvalue weighted by Gasteiger charge is 2.50. The van der Waals surface area contributed by atoms with E-state index in [-0.39, 0.29) is 6.03 Å². The van der Waals surface area contributed by atoms with Crippen LogP contribution in [0.25, 0.3) is 0 Å². The minimum absolute atomic E-state index is 0.121. The van der Waals surface area contributed by atoms with Gasteiger partial charge in [0.1, 0.15) is 0 Å². The van der Waals surface area contributed by atoms with Gasteiger partial charge in [-0.15, -0.1) is 0 Å². The second kappa shape index (κ2) is 4.78. The van der Waals surface area contributed by atoms with Gasteiger partial charge in [0.15, 0.2) is 0 Å². The lowest BCUT2D eigenvalue weighted by Crippen LogP contribution is -2.42. The van der Waals surface area contributed by atoms with E-state index in [4.69, 9.17) is 0 Å². The predicted molar refractivity (Wildman–Crippen MR) is 81.3 cm³/mol. The van der Waals surface area contributed by atoms with Crippen molar-refractivity contribution in [1.29, 1.82) is 0 Å². The second-order valence-electron chi connectivity index (χ2n) is 8.30. The molecule has 0 aromatic heterocycles. The summed E-state index contributed by atoms with van der Waals surface area (Å²) in [6, 6.07) is 0.557. The molecule has 2 atom stereocenters. The van der Waals surface area contributed by atoms with Crippen molar-refractivity contribution in [3.05, 3.63) is 11.8 Å². The van der Waals surface area contributed by atoms with Crippen molar-refractivity contribution in [3.8, 4) is 0 Å². The Morgan fingerprint density at radius 1 is 1.25 bits per heavy atom. The summed E-state index contributed by atoms with van der Waals surface area (Å²) in [6.45, 7) is 7.97. The number of nitrogens with zero attached hydrogens (tertiary/aromatic N) is 1. The zero-order chi connectivity index (χ0) is 14.4. The van der Waals surface area contributed by atoms with Crippen LogP contribution in [-0.2, 0) is 0 Å². The Kier molecular flexibility index (Phi) is 3.34. The smallest absolute Gasteiger partial charge is 0.321 e. The Morgan fingerprint density at radius 3 is 2.65 bits per heavy atom. The molecule has 0 aromatic rings. The zero-order valence-electron chi connectivity index (χ0n) is 13.2. The number of allylic oxidation sites excluding steroid dienone is 1. The molecule has 2 bridgehead atoms. The summed E-state index contributed by atoms with van der Waals surface area (Å²) >= 11 is 0. The fourth-order valence-corrected chi connectivity index (χ4v) is 4.92. The first kappa shape index (κ1) is 14.0. The predicted octanol–water partition coefficient (Wildman–Crippen LogP) is 4.05. The maximum absolute atomic E-state index is 12.5. The Bertz CT molecular complexity index is 432. The molecule has 20 heavy (non-hydrogen) atoms. The van der Waals surface area contributed by atoms with Crippen LogP contribution >= 0.6 is 0 Å². The molecule has 2 amide bonds. The quantitative estimate of drug-likeness (QED) is 0.769. The van der Waals surface area contributed by atoms with E-state index in [9.17, 15) is 4.79 Å². The average Bonchev–Trinajstić information content (AvgIpc) is 2.91. The van der Waals surface area contributed by atoms with Crippen molar-refractivity contribution in [2.45, 2.75) is 71.8 Å². The first-order valence-electron chi connectivity index (χ1n) is 8.12. The molecule has 2 aliphatic carbocycles. The van der Waals surface area contributed by atoms with E-state index in [1.807, 2.05) is 6.20 Å². The lowest BCUT2D eigenvalue weighted by Gasteiger charge is -2.39. The number of nitrogens with one attached hydrogen (secondary N) is 1. The molecule has 3 rings (SSSR count). The number of carbonyl (C=O) groups excluding carboxylic acids is 1. The summed E-state index contributed by atoms with van der Waals surface area (Å²) in [7, 11) is 0. The van der Waals surface area contributed by atoms with E-state index in [0.717, 1.165) is 25.8 Å². The molecule has 2 unspecified atom stereocenters. The molecule has 2 saturated carbocycles. The van der Waals surface area contributed by atoms with Crippen molar-refractivity contribution < 1.29 is 4.79 Å². The molecular weight excluding hydrogens is 248 g/mol. The van der Waals surface area contributed by atoms with E-state index in [1.54, 1.807) is 0 Å². The minimum Gasteiger partial charge on any atom is -0.321 e. The molecule has 0 spiro atoms. The number of urea groups is 1. The average molecular weight is 276 g/mol. The van der Waals surface area contributed by atoms with Crippen LogP contribution in [0, 0.1) is 10.8 Å². The number of amides is 2. The number of fused-ring (bicyclic) bond motifs is 2. The normalized spacial score (nSPS) is 35.2. The number of hydrogen-bond donors (Lipinski definition) is 1. The molecule has 112 valence electrons. The highest BCUT2D eigenvalue weighted by molar-refractivity contribution is 5.76. The van der Waals surface area contributed by atoms with Gasteiger partial charge in [-0.1, -0.05) is 26.3 Å². The van der Waals surface area contributed by atoms with Crippen molar-refractivity contribution in [2.75, 3.05) is 6.54 Å². The SMILES string of the molecule is CC1(C)CC2CC(C)(CN2C(=O)NC=C2CCCC2)C1. The van der Waals surface area contributed by atoms with Crippen molar-refractivity contribution in [2.24, 2.45) is 10.8 Å². The second-order valence-corrected chi connectivity index (χ2v) is 8.30. The molecule has 1 aliphatic heterocycles. The zero-order valence-corrected chi connectivity index (χ0v) is 13.2. The first-order valence-corrected chi connectivity index (χ1v) is 8.12. The van der Waals surface area contributed by atoms with E-state index in [1.165, 1.54) is 31.3 Å². The van der Waals surface area contributed by atoms with Gasteiger partial charge in [0.25, 0.3) is 0 Å². The number of hydrogen-bond acceptors (Lipinski definition) is 1. The van der Waals surface area contributed by atoms with E-state index >= 15 is 0 Å². The Morgan fingerprint density at radius 2 is 1.95 bits per heavy atom. The molecule has 0 radical (unpaired) electrons. The summed E-state index contributed by atoms with van der Waals surface area (Å²) in [4.78, 5) is 14.6. The fourth-order valence-electron chi connectivity index (χ4n) is 4.92. The standard InChI is InChI=1S/C17H28N2O/c1-16(2)8-14-9-17(3,11-16)12-19(14)15(20)18-10-13-6-4-5-7-13/h10,14H,4-9,11-12H2,1-3H3,(H,18,20). The third-order valence-corrected chi connectivity index (χ3v) is 5.32. The van der Waals surface area contributed by atoms with Crippen LogP contribution in [0.2, 0.25) is 0 Å². The third-order valence-electron chi connectivity index (χ3n) is 5.32. The van der Waals surface area contributed by atoms with Gasteiger partial charge in [-0.05, 0) is 55.8 Å². The first-order chi connectivity index (χ1) is 9.37. The van der Waals surface area contributed by atoms with Crippen LogP contribution in [0.5, 0.6) is 0 Å². The highest BCUT2D eigenvalue weighted by atomic mass is 16.2. The monoisotopic (exact) mass is 276 g/mol. The van der Waals surface area contributed by atoms with Crippen LogP contribution in [0.1, 0.15) is 65.7 Å². The summed E-state index contributed by atoms with van der Waals surface area (Å²) in [5.74, 6) is 0. The molecule has 1 N–H and O–H groups in total. The largest absolute Gasteiger partial charge is 0.321 e. The lowest BCUT2D eigenvalue weighted by atomic mass is 9.65. The van der Waals surface area contributed by atoms with Gasteiger partial charge in [0, 0.05) is 18.8 Å². The Balaban J connectivity index is 1.66. The van der Waals surface area contributed by atoms with Crippen LogP contribution in [0.15, 0.2) is 11.8 Å². The van der Waals surface area contributed by atoms with Crippen LogP contribution in [0.3, 0.4) is 0 Å². The molecular formula is C17H28N2O. The van der Waals surface area contributed by atoms with Crippen LogP contribution < -0.4 is 5.32 Å². The number of carbonyl (C=O) groups is 1. The Hall–Kier alpha value is -0.990. The molecule has 3 heteroatoms. The van der Waals surface area contributed by atoms with Gasteiger partial charge >= 0.3 is 6.03 Å². The van der Waals surface area contributed by atoms with Gasteiger partial charge in [-0.3, -0.25) is 0 Å². The number of likely N-dealkylation sites (tertiary alicyclic amines) is 1. The summed E-state index contributed by atoms with van der Waals surface area (Å²) < 4.78 is 0. The maximum atomic E-state index is 12.5. The van der Waals surface area contributed by atoms with Gasteiger partial charge in [0.2, 0.25) is 0 Å². The lowest BCUT2D eigenvalue weighted by molar-refractivity contribution is 0.129. The van der Waals surface area contributed by atoms with Gasteiger partial charge in [0.05, 0.1) is 0 Å². The molecule has 0 aromatic carbocycles. The van der Waals surface area contributed by atoms with Gasteiger partial charge in [-0.25, -0.2) is 4.79 Å².